The lowest BCUT2D eigenvalue weighted by molar-refractivity contribution is -0.0894. The summed E-state index contributed by atoms with van der Waals surface area (Å²) in [5, 5.41) is 8.13. The van der Waals surface area contributed by atoms with Gasteiger partial charge in [0.1, 0.15) is 5.60 Å². The zero-order valence-electron chi connectivity index (χ0n) is 15.2. The van der Waals surface area contributed by atoms with Gasteiger partial charge in [0.2, 0.25) is 0 Å². The molecule has 1 saturated heterocycles. The fourth-order valence-electron chi connectivity index (χ4n) is 2.34. The van der Waals surface area contributed by atoms with E-state index in [1.165, 1.54) is 0 Å². The van der Waals surface area contributed by atoms with Gasteiger partial charge >= 0.3 is 14.4 Å². The van der Waals surface area contributed by atoms with Crippen molar-refractivity contribution in [1.82, 2.24) is 0 Å². The van der Waals surface area contributed by atoms with Crippen molar-refractivity contribution in [2.45, 2.75) is 91.1 Å². The topological polar surface area (TPSA) is 50.6 Å². The van der Waals surface area contributed by atoms with Crippen LogP contribution in [0.3, 0.4) is 0 Å². The van der Waals surface area contributed by atoms with E-state index in [0.29, 0.717) is 5.92 Å². The molecule has 2 N–H and O–H groups in total. The van der Waals surface area contributed by atoms with Crippen molar-refractivity contribution in [3.63, 3.8) is 0 Å². The van der Waals surface area contributed by atoms with Crippen LogP contribution in [0.15, 0.2) is 0 Å². The molecule has 6 heteroatoms. The highest BCUT2D eigenvalue weighted by Crippen LogP contribution is 2.41. The van der Waals surface area contributed by atoms with Gasteiger partial charge in [0.05, 0.1) is 11.2 Å². The van der Waals surface area contributed by atoms with Crippen LogP contribution in [0.2, 0.25) is 0 Å². The van der Waals surface area contributed by atoms with Gasteiger partial charge in [-0.3, -0.25) is 0 Å². The molecular formula is C15H32B2O4+. The van der Waals surface area contributed by atoms with Crippen molar-refractivity contribution in [3.8, 4) is 0 Å². The van der Waals surface area contributed by atoms with Crippen LogP contribution in [-0.4, -0.2) is 41.9 Å². The highest BCUT2D eigenvalue weighted by atomic mass is 16.7. The van der Waals surface area contributed by atoms with E-state index >= 15 is 0 Å². The lowest BCUT2D eigenvalue weighted by Gasteiger charge is -2.37. The largest absolute Gasteiger partial charge is 0.439 e. The minimum absolute atomic E-state index is 0.341. The Morgan fingerprint density at radius 1 is 1.14 bits per heavy atom. The average Bonchev–Trinajstić information content (AvgIpc) is 2.43. The molecule has 0 amide bonds. The smallest absolute Gasteiger partial charge is 0.439 e. The van der Waals surface area contributed by atoms with E-state index in [4.69, 9.17) is 19.1 Å². The summed E-state index contributed by atoms with van der Waals surface area (Å²) in [5.41, 5.74) is -2.03. The summed E-state index contributed by atoms with van der Waals surface area (Å²) in [6, 6.07) is 0. The van der Waals surface area contributed by atoms with Gasteiger partial charge in [0, 0.05) is 13.8 Å². The Balaban J connectivity index is 2.69. The molecule has 1 aliphatic rings. The molecule has 21 heavy (non-hydrogen) atoms. The highest BCUT2D eigenvalue weighted by Gasteiger charge is 2.55. The van der Waals surface area contributed by atoms with Gasteiger partial charge in [-0.15, -0.1) is 0 Å². The molecule has 4 nitrogen and oxygen atoms in total. The minimum atomic E-state index is -0.709. The standard InChI is InChI=1S/C15H31B2O4/c1-11(2)10-15(9)14(7,8)20-17(21-15)16-19-13(5,6)12(3,4)18/h11,18H,10H2,1-9H3/p+1. The Morgan fingerprint density at radius 3 is 2.10 bits per heavy atom. The molecule has 1 aliphatic heterocycles. The molecule has 1 rings (SSSR count). The second-order valence-electron chi connectivity index (χ2n) is 8.33. The van der Waals surface area contributed by atoms with E-state index in [-0.39, 0.29) is 11.2 Å². The number of hydrogen-bond donors (Lipinski definition) is 0. The highest BCUT2D eigenvalue weighted by molar-refractivity contribution is 7.03. The first-order valence-corrected chi connectivity index (χ1v) is 7.82. The quantitative estimate of drug-likeness (QED) is 0.559. The Hall–Kier alpha value is -0.0301. The molecule has 0 aliphatic carbocycles. The van der Waals surface area contributed by atoms with Crippen LogP contribution in [0.25, 0.3) is 0 Å². The molecule has 1 radical (unpaired) electrons. The van der Waals surface area contributed by atoms with E-state index in [9.17, 15) is 0 Å². The van der Waals surface area contributed by atoms with Gasteiger partial charge in [-0.2, -0.15) is 0 Å². The van der Waals surface area contributed by atoms with Crippen molar-refractivity contribution in [2.24, 2.45) is 5.92 Å². The van der Waals surface area contributed by atoms with Crippen molar-refractivity contribution >= 4 is 14.4 Å². The summed E-state index contributed by atoms with van der Waals surface area (Å²) in [6.07, 6.45) is 0.928. The van der Waals surface area contributed by atoms with E-state index in [0.717, 1.165) is 6.42 Å². The fraction of sp³-hybridized carbons (Fsp3) is 1.00. The summed E-state index contributed by atoms with van der Waals surface area (Å²) in [5.74, 6) is 0.529. The van der Waals surface area contributed by atoms with Crippen LogP contribution in [-0.2, 0) is 14.0 Å². The van der Waals surface area contributed by atoms with E-state index in [1.807, 2.05) is 27.7 Å². The Morgan fingerprint density at radius 2 is 1.67 bits per heavy atom. The molecule has 0 aromatic heterocycles. The summed E-state index contributed by atoms with van der Waals surface area (Å²) in [4.78, 5) is 0. The minimum Gasteiger partial charge on any atom is -0.439 e. The molecule has 1 fully saturated rings. The van der Waals surface area contributed by atoms with Crippen LogP contribution >= 0.6 is 0 Å². The van der Waals surface area contributed by atoms with Crippen molar-refractivity contribution in [1.29, 1.82) is 0 Å². The van der Waals surface area contributed by atoms with Crippen LogP contribution in [0.5, 0.6) is 0 Å². The first kappa shape index (κ1) is 19.0. The lowest BCUT2D eigenvalue weighted by Crippen LogP contribution is -2.50. The average molecular weight is 298 g/mol. The molecule has 1 unspecified atom stereocenters. The van der Waals surface area contributed by atoms with Crippen LogP contribution in [0.1, 0.15) is 68.7 Å². The molecule has 0 bridgehead atoms. The van der Waals surface area contributed by atoms with E-state index < -0.39 is 18.2 Å². The molecule has 0 spiro atoms. The predicted molar refractivity (Wildman–Crippen MR) is 88.5 cm³/mol. The molecular weight excluding hydrogens is 266 g/mol. The summed E-state index contributed by atoms with van der Waals surface area (Å²) in [7, 11) is 1.11. The molecule has 0 aromatic rings. The second-order valence-corrected chi connectivity index (χ2v) is 8.33. The van der Waals surface area contributed by atoms with Gasteiger partial charge in [-0.1, -0.05) is 13.8 Å². The molecule has 0 aromatic carbocycles. The van der Waals surface area contributed by atoms with Crippen LogP contribution < -0.4 is 0 Å². The second kappa shape index (κ2) is 5.88. The third-order valence-corrected chi connectivity index (χ3v) is 4.84. The SMILES string of the molecule is CC(C)CC1(C)OB([B]OC(C)(C)C(C)(C)[OH2+])OC1(C)C. The number of hydrogen-bond acceptors (Lipinski definition) is 3. The normalized spacial score (nSPS) is 26.5. The first-order chi connectivity index (χ1) is 9.20. The van der Waals surface area contributed by atoms with Crippen molar-refractivity contribution in [3.05, 3.63) is 0 Å². The third-order valence-electron chi connectivity index (χ3n) is 4.84. The summed E-state index contributed by atoms with van der Waals surface area (Å²) in [6.45, 7) is 18.1. The van der Waals surface area contributed by atoms with E-state index in [1.54, 1.807) is 7.37 Å². The van der Waals surface area contributed by atoms with Crippen LogP contribution in [0.4, 0.5) is 0 Å². The molecule has 0 saturated carbocycles. The van der Waals surface area contributed by atoms with Crippen molar-refractivity contribution in [2.75, 3.05) is 0 Å². The van der Waals surface area contributed by atoms with Gasteiger partial charge < -0.3 is 19.1 Å². The predicted octanol–water partition coefficient (Wildman–Crippen LogP) is 2.52. The van der Waals surface area contributed by atoms with Gasteiger partial charge in [0.25, 0.3) is 0 Å². The molecule has 121 valence electrons. The first-order valence-electron chi connectivity index (χ1n) is 7.82. The molecule has 1 heterocycles. The zero-order chi connectivity index (χ0) is 16.7. The van der Waals surface area contributed by atoms with E-state index in [2.05, 4.69) is 34.6 Å². The van der Waals surface area contributed by atoms with Crippen LogP contribution in [0, 0.1) is 5.92 Å². The molecule has 1 atom stereocenters. The Bertz CT molecular complexity index is 363. The Kier molecular flexibility index (Phi) is 5.32. The third kappa shape index (κ3) is 4.25. The van der Waals surface area contributed by atoms with Gasteiger partial charge in [-0.25, -0.2) is 0 Å². The van der Waals surface area contributed by atoms with Gasteiger partial charge in [-0.05, 0) is 47.0 Å². The fourth-order valence-corrected chi connectivity index (χ4v) is 2.34. The Labute approximate surface area is 131 Å². The summed E-state index contributed by atoms with van der Waals surface area (Å²) >= 11 is 0. The number of rotatable bonds is 6. The maximum absolute atomic E-state index is 8.13. The maximum atomic E-state index is 8.13. The lowest BCUT2D eigenvalue weighted by atomic mass is 9.55. The zero-order valence-corrected chi connectivity index (χ0v) is 15.2. The monoisotopic (exact) mass is 298 g/mol. The van der Waals surface area contributed by atoms with Crippen molar-refractivity contribution < 1.29 is 19.1 Å². The summed E-state index contributed by atoms with van der Waals surface area (Å²) < 4.78 is 17.9. The van der Waals surface area contributed by atoms with Gasteiger partial charge in [0.15, 0.2) is 5.60 Å². The maximum Gasteiger partial charge on any atom is 0.439 e.